The lowest BCUT2D eigenvalue weighted by Gasteiger charge is -2.40. The third-order valence-electron chi connectivity index (χ3n) is 3.90. The first-order valence-corrected chi connectivity index (χ1v) is 8.59. The molecule has 1 fully saturated rings. The Kier molecular flexibility index (Phi) is 4.97. The molecule has 0 spiro atoms. The fourth-order valence-electron chi connectivity index (χ4n) is 2.61. The van der Waals surface area contributed by atoms with E-state index in [9.17, 15) is 4.79 Å². The van der Waals surface area contributed by atoms with Crippen LogP contribution in [-0.2, 0) is 11.3 Å². The second-order valence-electron chi connectivity index (χ2n) is 7.20. The van der Waals surface area contributed by atoms with Gasteiger partial charge in [-0.15, -0.1) is 10.2 Å². The van der Waals surface area contributed by atoms with E-state index in [2.05, 4.69) is 25.8 Å². The molecule has 0 aliphatic carbocycles. The minimum absolute atomic E-state index is 0.142. The molecule has 0 bridgehead atoms. The van der Waals surface area contributed by atoms with Crippen molar-refractivity contribution >= 4 is 17.7 Å². The van der Waals surface area contributed by atoms with E-state index in [4.69, 9.17) is 4.74 Å². The molecular weight excluding hydrogens is 334 g/mol. The lowest BCUT2D eigenvalue weighted by Crippen LogP contribution is -2.63. The zero-order valence-electron chi connectivity index (χ0n) is 15.6. The molecule has 1 saturated heterocycles. The minimum Gasteiger partial charge on any atom is -0.444 e. The first-order chi connectivity index (χ1) is 12.4. The fourth-order valence-corrected chi connectivity index (χ4v) is 2.61. The van der Waals surface area contributed by atoms with Gasteiger partial charge in [-0.05, 0) is 32.9 Å². The Labute approximate surface area is 152 Å². The predicted octanol–water partition coefficient (Wildman–Crippen LogP) is 1.01. The number of guanidine groups is 1. The summed E-state index contributed by atoms with van der Waals surface area (Å²) in [7, 11) is 1.71. The Morgan fingerprint density at radius 1 is 1.35 bits per heavy atom. The van der Waals surface area contributed by atoms with Crippen molar-refractivity contribution in [2.75, 3.05) is 20.1 Å². The molecule has 3 rings (SSSR count). The SMILES string of the molecule is CN=C(NCc1nnc2ccccn12)NC1CN(C(=O)OC(C)(C)C)C1. The zero-order valence-corrected chi connectivity index (χ0v) is 15.6. The number of hydrogen-bond acceptors (Lipinski definition) is 5. The van der Waals surface area contributed by atoms with Gasteiger partial charge in [0.25, 0.3) is 0 Å². The van der Waals surface area contributed by atoms with Gasteiger partial charge in [-0.2, -0.15) is 0 Å². The molecule has 0 unspecified atom stereocenters. The second-order valence-corrected chi connectivity index (χ2v) is 7.20. The van der Waals surface area contributed by atoms with Gasteiger partial charge in [-0.3, -0.25) is 9.39 Å². The van der Waals surface area contributed by atoms with Crippen LogP contribution in [0.1, 0.15) is 26.6 Å². The Bertz CT molecular complexity index is 803. The molecule has 1 aliphatic rings. The summed E-state index contributed by atoms with van der Waals surface area (Å²) in [6.07, 6.45) is 1.64. The smallest absolute Gasteiger partial charge is 0.410 e. The van der Waals surface area contributed by atoms with Crippen LogP contribution in [-0.4, -0.2) is 63.3 Å². The molecule has 0 atom stereocenters. The highest BCUT2D eigenvalue weighted by Gasteiger charge is 2.34. The van der Waals surface area contributed by atoms with Crippen LogP contribution in [0.3, 0.4) is 0 Å². The number of amides is 1. The van der Waals surface area contributed by atoms with Crippen molar-refractivity contribution < 1.29 is 9.53 Å². The van der Waals surface area contributed by atoms with Gasteiger partial charge in [0.2, 0.25) is 0 Å². The number of aliphatic imine (C=N–C) groups is 1. The summed E-state index contributed by atoms with van der Waals surface area (Å²) in [5.74, 6) is 1.46. The number of rotatable bonds is 3. The van der Waals surface area contributed by atoms with Crippen LogP contribution < -0.4 is 10.6 Å². The summed E-state index contributed by atoms with van der Waals surface area (Å²) in [5, 5.41) is 14.8. The average molecular weight is 359 g/mol. The van der Waals surface area contributed by atoms with E-state index in [0.717, 1.165) is 11.5 Å². The Morgan fingerprint density at radius 2 is 2.12 bits per heavy atom. The average Bonchev–Trinajstić information content (AvgIpc) is 2.94. The van der Waals surface area contributed by atoms with E-state index < -0.39 is 5.60 Å². The Morgan fingerprint density at radius 3 is 2.81 bits per heavy atom. The molecular formula is C17H25N7O2. The van der Waals surface area contributed by atoms with Crippen LogP contribution in [0.15, 0.2) is 29.4 Å². The molecule has 26 heavy (non-hydrogen) atoms. The third kappa shape index (κ3) is 4.22. The van der Waals surface area contributed by atoms with Crippen molar-refractivity contribution in [1.82, 2.24) is 30.1 Å². The zero-order chi connectivity index (χ0) is 18.7. The van der Waals surface area contributed by atoms with E-state index in [-0.39, 0.29) is 12.1 Å². The highest BCUT2D eigenvalue weighted by atomic mass is 16.6. The molecule has 2 aromatic rings. The maximum atomic E-state index is 12.0. The molecule has 2 N–H and O–H groups in total. The summed E-state index contributed by atoms with van der Waals surface area (Å²) in [6.45, 7) is 7.25. The summed E-state index contributed by atoms with van der Waals surface area (Å²) < 4.78 is 7.28. The van der Waals surface area contributed by atoms with Crippen molar-refractivity contribution in [2.45, 2.75) is 39.0 Å². The van der Waals surface area contributed by atoms with E-state index >= 15 is 0 Å². The molecule has 140 valence electrons. The summed E-state index contributed by atoms with van der Waals surface area (Å²) in [6, 6.07) is 5.91. The molecule has 9 heteroatoms. The number of fused-ring (bicyclic) bond motifs is 1. The topological polar surface area (TPSA) is 96.1 Å². The van der Waals surface area contributed by atoms with Crippen LogP contribution in [0.4, 0.5) is 4.79 Å². The van der Waals surface area contributed by atoms with Crippen LogP contribution in [0.2, 0.25) is 0 Å². The van der Waals surface area contributed by atoms with Crippen molar-refractivity contribution in [3.05, 3.63) is 30.2 Å². The van der Waals surface area contributed by atoms with Crippen LogP contribution >= 0.6 is 0 Å². The summed E-state index contributed by atoms with van der Waals surface area (Å²) in [4.78, 5) is 17.8. The highest BCUT2D eigenvalue weighted by molar-refractivity contribution is 5.80. The number of carbonyl (C=O) groups excluding carboxylic acids is 1. The lowest BCUT2D eigenvalue weighted by atomic mass is 10.1. The molecule has 0 radical (unpaired) electrons. The number of pyridine rings is 1. The fraction of sp³-hybridized carbons (Fsp3) is 0.529. The molecule has 1 aliphatic heterocycles. The Hall–Kier alpha value is -2.84. The third-order valence-corrected chi connectivity index (χ3v) is 3.90. The first kappa shape index (κ1) is 18.0. The number of ether oxygens (including phenoxy) is 1. The summed E-state index contributed by atoms with van der Waals surface area (Å²) in [5.41, 5.74) is 0.327. The van der Waals surface area contributed by atoms with E-state index in [1.54, 1.807) is 11.9 Å². The van der Waals surface area contributed by atoms with Crippen LogP contribution in [0.5, 0.6) is 0 Å². The monoisotopic (exact) mass is 359 g/mol. The van der Waals surface area contributed by atoms with Crippen molar-refractivity contribution in [3.63, 3.8) is 0 Å². The van der Waals surface area contributed by atoms with Gasteiger partial charge < -0.3 is 20.3 Å². The number of aromatic nitrogens is 3. The molecule has 2 aromatic heterocycles. The van der Waals surface area contributed by atoms with E-state index in [1.807, 2.05) is 49.6 Å². The minimum atomic E-state index is -0.478. The van der Waals surface area contributed by atoms with Crippen LogP contribution in [0.25, 0.3) is 5.65 Å². The van der Waals surface area contributed by atoms with Crippen molar-refractivity contribution in [3.8, 4) is 0 Å². The van der Waals surface area contributed by atoms with E-state index in [0.29, 0.717) is 25.6 Å². The molecule has 1 amide bonds. The number of carbonyl (C=O) groups is 1. The largest absolute Gasteiger partial charge is 0.444 e. The highest BCUT2D eigenvalue weighted by Crippen LogP contribution is 2.15. The second kappa shape index (κ2) is 7.19. The van der Waals surface area contributed by atoms with Gasteiger partial charge in [0, 0.05) is 26.3 Å². The number of hydrogen-bond donors (Lipinski definition) is 2. The van der Waals surface area contributed by atoms with Crippen molar-refractivity contribution in [2.24, 2.45) is 4.99 Å². The van der Waals surface area contributed by atoms with Crippen molar-refractivity contribution in [1.29, 1.82) is 0 Å². The summed E-state index contributed by atoms with van der Waals surface area (Å²) >= 11 is 0. The first-order valence-electron chi connectivity index (χ1n) is 8.59. The van der Waals surface area contributed by atoms with Gasteiger partial charge in [-0.25, -0.2) is 4.79 Å². The maximum Gasteiger partial charge on any atom is 0.410 e. The lowest BCUT2D eigenvalue weighted by molar-refractivity contribution is 0.00701. The van der Waals surface area contributed by atoms with E-state index in [1.165, 1.54) is 0 Å². The van der Waals surface area contributed by atoms with Gasteiger partial charge in [0.1, 0.15) is 5.60 Å². The molecule has 9 nitrogen and oxygen atoms in total. The maximum absolute atomic E-state index is 12.0. The van der Waals surface area contributed by atoms with Gasteiger partial charge in [0.15, 0.2) is 17.4 Å². The molecule has 0 saturated carbocycles. The number of likely N-dealkylation sites (tertiary alicyclic amines) is 1. The number of nitrogens with zero attached hydrogens (tertiary/aromatic N) is 5. The quantitative estimate of drug-likeness (QED) is 0.627. The Balaban J connectivity index is 1.47. The standard InChI is InChI=1S/C17H25N7O2/c1-17(2,3)26-16(25)23-10-12(11-23)20-15(18-4)19-9-14-22-21-13-7-5-6-8-24(13)14/h5-8,12H,9-11H2,1-4H3,(H2,18,19,20). The number of nitrogens with one attached hydrogen (secondary N) is 2. The van der Waals surface area contributed by atoms with Gasteiger partial charge >= 0.3 is 6.09 Å². The van der Waals surface area contributed by atoms with Gasteiger partial charge in [-0.1, -0.05) is 6.07 Å². The predicted molar refractivity (Wildman–Crippen MR) is 97.9 cm³/mol. The normalized spacial score (nSPS) is 15.7. The molecule has 0 aromatic carbocycles. The van der Waals surface area contributed by atoms with Crippen LogP contribution in [0, 0.1) is 0 Å². The molecule has 3 heterocycles. The van der Waals surface area contributed by atoms with Gasteiger partial charge in [0.05, 0.1) is 12.6 Å².